The van der Waals surface area contributed by atoms with Gasteiger partial charge in [0, 0.05) is 0 Å². The first-order valence-corrected chi connectivity index (χ1v) is 4.01. The molecule has 0 unspecified atom stereocenters. The smallest absolute Gasteiger partial charge is 0.117 e. The summed E-state index contributed by atoms with van der Waals surface area (Å²) in [4.78, 5) is 4.04. The molecule has 1 heterocycles. The Bertz CT molecular complexity index is 174. The third-order valence-electron chi connectivity index (χ3n) is 0.714. The largest absolute Gasteiger partial charge is 0.319 e. The van der Waals surface area contributed by atoms with Crippen molar-refractivity contribution in [1.82, 2.24) is 4.98 Å². The van der Waals surface area contributed by atoms with Gasteiger partial charge in [-0.2, -0.15) is 0 Å². The SMILES string of the molecule is Cc1ncc(NI)s1. The number of anilines is 1. The fraction of sp³-hybridized carbons (Fsp3) is 0.250. The molecule has 1 aromatic heterocycles. The molecule has 0 amide bonds. The molecule has 0 fully saturated rings. The molecule has 44 valence electrons. The lowest BCUT2D eigenvalue weighted by Crippen LogP contribution is -1.66. The van der Waals surface area contributed by atoms with Gasteiger partial charge in [0.2, 0.25) is 0 Å². The fourth-order valence-electron chi connectivity index (χ4n) is 0.405. The molecule has 4 heteroatoms. The van der Waals surface area contributed by atoms with E-state index in [2.05, 4.69) is 31.4 Å². The highest BCUT2D eigenvalue weighted by Crippen LogP contribution is 2.18. The van der Waals surface area contributed by atoms with Crippen molar-refractivity contribution in [3.8, 4) is 0 Å². The third kappa shape index (κ3) is 1.32. The summed E-state index contributed by atoms with van der Waals surface area (Å²) in [5.41, 5.74) is 0. The van der Waals surface area contributed by atoms with Gasteiger partial charge in [-0.15, -0.1) is 11.3 Å². The van der Waals surface area contributed by atoms with Gasteiger partial charge < -0.3 is 3.53 Å². The van der Waals surface area contributed by atoms with Crippen LogP contribution in [0.15, 0.2) is 6.20 Å². The van der Waals surface area contributed by atoms with Gasteiger partial charge in [-0.25, -0.2) is 4.98 Å². The molecule has 0 aliphatic carbocycles. The highest BCUT2D eigenvalue weighted by atomic mass is 127. The van der Waals surface area contributed by atoms with E-state index in [1.807, 2.05) is 13.1 Å². The number of aryl methyl sites for hydroxylation is 1. The molecule has 0 aliphatic heterocycles. The van der Waals surface area contributed by atoms with Crippen molar-refractivity contribution in [2.24, 2.45) is 0 Å². The summed E-state index contributed by atoms with van der Waals surface area (Å²) in [5.74, 6) is 0. The van der Waals surface area contributed by atoms with Crippen molar-refractivity contribution in [1.29, 1.82) is 0 Å². The van der Waals surface area contributed by atoms with Crippen LogP contribution in [0, 0.1) is 6.92 Å². The molecular weight excluding hydrogens is 235 g/mol. The van der Waals surface area contributed by atoms with Gasteiger partial charge in [0.1, 0.15) is 5.00 Å². The summed E-state index contributed by atoms with van der Waals surface area (Å²) >= 11 is 3.75. The molecule has 1 aromatic rings. The average molecular weight is 240 g/mol. The lowest BCUT2D eigenvalue weighted by atomic mass is 10.8. The van der Waals surface area contributed by atoms with Gasteiger partial charge in [-0.1, -0.05) is 0 Å². The second kappa shape index (κ2) is 2.63. The van der Waals surface area contributed by atoms with Gasteiger partial charge in [0.25, 0.3) is 0 Å². The van der Waals surface area contributed by atoms with Crippen molar-refractivity contribution in [3.63, 3.8) is 0 Å². The lowest BCUT2D eigenvalue weighted by molar-refractivity contribution is 1.30. The number of nitrogens with one attached hydrogen (secondary N) is 1. The number of aromatic nitrogens is 1. The quantitative estimate of drug-likeness (QED) is 0.601. The molecule has 0 aliphatic rings. The Morgan fingerprint density at radius 1 is 1.88 bits per heavy atom. The summed E-state index contributed by atoms with van der Waals surface area (Å²) in [6.07, 6.45) is 1.83. The first kappa shape index (κ1) is 6.28. The normalized spacial score (nSPS) is 9.25. The topological polar surface area (TPSA) is 24.9 Å². The minimum atomic E-state index is 1.10. The minimum Gasteiger partial charge on any atom is -0.319 e. The highest BCUT2D eigenvalue weighted by molar-refractivity contribution is 14.1. The maximum atomic E-state index is 4.04. The summed E-state index contributed by atoms with van der Waals surface area (Å²) in [6.45, 7) is 1.99. The lowest BCUT2D eigenvalue weighted by Gasteiger charge is -1.82. The number of halogens is 1. The predicted molar refractivity (Wildman–Crippen MR) is 44.5 cm³/mol. The Kier molecular flexibility index (Phi) is 2.07. The first-order valence-electron chi connectivity index (χ1n) is 2.12. The molecule has 8 heavy (non-hydrogen) atoms. The van der Waals surface area contributed by atoms with E-state index < -0.39 is 0 Å². The third-order valence-corrected chi connectivity index (χ3v) is 2.49. The number of thiazole rings is 1. The van der Waals surface area contributed by atoms with Gasteiger partial charge in [-0.05, 0) is 6.92 Å². The predicted octanol–water partition coefficient (Wildman–Crippen LogP) is 2.21. The minimum absolute atomic E-state index is 1.10. The van der Waals surface area contributed by atoms with Crippen LogP contribution in [-0.2, 0) is 0 Å². The molecule has 1 rings (SSSR count). The van der Waals surface area contributed by atoms with Crippen LogP contribution in [0.25, 0.3) is 0 Å². The zero-order chi connectivity index (χ0) is 5.98. The van der Waals surface area contributed by atoms with Gasteiger partial charge in [-0.3, -0.25) is 0 Å². The second-order valence-electron chi connectivity index (χ2n) is 1.34. The van der Waals surface area contributed by atoms with Crippen LogP contribution < -0.4 is 3.53 Å². The molecular formula is C4H5IN2S. The van der Waals surface area contributed by atoms with Gasteiger partial charge >= 0.3 is 0 Å². The number of hydrogen-bond acceptors (Lipinski definition) is 3. The van der Waals surface area contributed by atoms with E-state index >= 15 is 0 Å². The van der Waals surface area contributed by atoms with Crippen molar-refractivity contribution >= 4 is 39.2 Å². The van der Waals surface area contributed by atoms with Gasteiger partial charge in [0.15, 0.2) is 0 Å². The molecule has 0 saturated carbocycles. The average Bonchev–Trinajstić information content (AvgIpc) is 2.14. The number of hydrogen-bond donors (Lipinski definition) is 1. The Morgan fingerprint density at radius 3 is 2.88 bits per heavy atom. The maximum absolute atomic E-state index is 4.04. The Balaban J connectivity index is 2.84. The van der Waals surface area contributed by atoms with E-state index in [-0.39, 0.29) is 0 Å². The van der Waals surface area contributed by atoms with E-state index in [0.717, 1.165) is 10.0 Å². The molecule has 0 aromatic carbocycles. The molecule has 0 radical (unpaired) electrons. The number of rotatable bonds is 1. The molecule has 2 nitrogen and oxygen atoms in total. The van der Waals surface area contributed by atoms with E-state index in [0.29, 0.717) is 0 Å². The van der Waals surface area contributed by atoms with E-state index in [1.54, 1.807) is 11.3 Å². The van der Waals surface area contributed by atoms with Crippen LogP contribution in [-0.4, -0.2) is 4.98 Å². The van der Waals surface area contributed by atoms with E-state index in [1.165, 1.54) is 0 Å². The van der Waals surface area contributed by atoms with Crippen LogP contribution in [0.5, 0.6) is 0 Å². The maximum Gasteiger partial charge on any atom is 0.117 e. The highest BCUT2D eigenvalue weighted by Gasteiger charge is 1.91. The summed E-state index contributed by atoms with van der Waals surface area (Å²) in [6, 6.07) is 0. The van der Waals surface area contributed by atoms with E-state index in [4.69, 9.17) is 0 Å². The van der Waals surface area contributed by atoms with Gasteiger partial charge in [0.05, 0.1) is 34.1 Å². The summed E-state index contributed by atoms with van der Waals surface area (Å²) < 4.78 is 2.97. The molecule has 0 saturated heterocycles. The Morgan fingerprint density at radius 2 is 2.62 bits per heavy atom. The fourth-order valence-corrected chi connectivity index (χ4v) is 1.44. The zero-order valence-corrected chi connectivity index (χ0v) is 7.28. The Labute approximate surface area is 65.8 Å². The van der Waals surface area contributed by atoms with Crippen molar-refractivity contribution in [3.05, 3.63) is 11.2 Å². The summed E-state index contributed by atoms with van der Waals surface area (Å²) in [7, 11) is 0. The summed E-state index contributed by atoms with van der Waals surface area (Å²) in [5, 5.41) is 2.22. The van der Waals surface area contributed by atoms with Crippen LogP contribution in [0.4, 0.5) is 5.00 Å². The van der Waals surface area contributed by atoms with Crippen LogP contribution in [0.3, 0.4) is 0 Å². The molecule has 0 atom stereocenters. The van der Waals surface area contributed by atoms with Crippen molar-refractivity contribution in [2.75, 3.05) is 3.53 Å². The standard InChI is InChI=1S/C4H5IN2S/c1-3-6-2-4(7-5)8-3/h2,7H,1H3. The molecule has 1 N–H and O–H groups in total. The van der Waals surface area contributed by atoms with E-state index in [9.17, 15) is 0 Å². The number of nitrogens with zero attached hydrogens (tertiary/aromatic N) is 1. The first-order chi connectivity index (χ1) is 3.83. The van der Waals surface area contributed by atoms with Crippen LogP contribution in [0.2, 0.25) is 0 Å². The van der Waals surface area contributed by atoms with Crippen LogP contribution in [0.1, 0.15) is 5.01 Å². The zero-order valence-electron chi connectivity index (χ0n) is 4.31. The van der Waals surface area contributed by atoms with Crippen molar-refractivity contribution < 1.29 is 0 Å². The van der Waals surface area contributed by atoms with Crippen molar-refractivity contribution in [2.45, 2.75) is 6.92 Å². The molecule has 0 bridgehead atoms. The van der Waals surface area contributed by atoms with Crippen LogP contribution >= 0.6 is 34.2 Å². The second-order valence-corrected chi connectivity index (χ2v) is 3.11. The Hall–Kier alpha value is 0.160. The molecule has 0 spiro atoms. The monoisotopic (exact) mass is 240 g/mol.